The second-order valence-corrected chi connectivity index (χ2v) is 3.39. The lowest BCUT2D eigenvalue weighted by atomic mass is 9.95. The molecule has 0 aromatic carbocycles. The zero-order chi connectivity index (χ0) is 11.0. The van der Waals surface area contributed by atoms with Crippen molar-refractivity contribution in [2.45, 2.75) is 39.0 Å². The van der Waals surface area contributed by atoms with Gasteiger partial charge in [0.15, 0.2) is 0 Å². The van der Waals surface area contributed by atoms with E-state index in [1.54, 1.807) is 0 Å². The Labute approximate surface area is 84.5 Å². The first kappa shape index (κ1) is 13.1. The Bertz CT molecular complexity index is 192. The van der Waals surface area contributed by atoms with Gasteiger partial charge in [0.05, 0.1) is 0 Å². The van der Waals surface area contributed by atoms with Crippen molar-refractivity contribution in [3.05, 3.63) is 0 Å². The molecule has 0 aliphatic carbocycles. The minimum absolute atomic E-state index is 0.156. The van der Waals surface area contributed by atoms with Crippen molar-refractivity contribution in [3.8, 4) is 0 Å². The number of hydrogen-bond donors (Lipinski definition) is 2. The van der Waals surface area contributed by atoms with E-state index in [1.165, 1.54) is 0 Å². The van der Waals surface area contributed by atoms with Gasteiger partial charge in [0.2, 0.25) is 0 Å². The van der Waals surface area contributed by atoms with E-state index in [1.807, 2.05) is 6.92 Å². The van der Waals surface area contributed by atoms with E-state index in [4.69, 9.17) is 10.8 Å². The molecule has 1 unspecified atom stereocenters. The maximum absolute atomic E-state index is 11.4. The topological polar surface area (TPSA) is 80.4 Å². The van der Waals surface area contributed by atoms with Crippen LogP contribution in [0.25, 0.3) is 0 Å². The predicted octanol–water partition coefficient (Wildman–Crippen LogP) is 1.19. The number of unbranched alkanes of at least 4 members (excludes halogenated alkanes) is 1. The SMILES string of the molecule is CCCC(=O)C(CCCCN)C(=O)O. The van der Waals surface area contributed by atoms with Gasteiger partial charge < -0.3 is 10.8 Å². The molecule has 0 amide bonds. The fourth-order valence-corrected chi connectivity index (χ4v) is 1.34. The highest BCUT2D eigenvalue weighted by molar-refractivity contribution is 5.98. The molecule has 14 heavy (non-hydrogen) atoms. The van der Waals surface area contributed by atoms with Crippen molar-refractivity contribution in [2.75, 3.05) is 6.54 Å². The molecule has 0 saturated heterocycles. The highest BCUT2D eigenvalue weighted by Crippen LogP contribution is 2.12. The fraction of sp³-hybridized carbons (Fsp3) is 0.800. The summed E-state index contributed by atoms with van der Waals surface area (Å²) in [7, 11) is 0. The fourth-order valence-electron chi connectivity index (χ4n) is 1.34. The van der Waals surface area contributed by atoms with Gasteiger partial charge >= 0.3 is 5.97 Å². The van der Waals surface area contributed by atoms with Gasteiger partial charge in [0.1, 0.15) is 11.7 Å². The molecule has 0 rings (SSSR count). The van der Waals surface area contributed by atoms with Crippen LogP contribution in [0, 0.1) is 5.92 Å². The van der Waals surface area contributed by atoms with Crippen LogP contribution in [0.3, 0.4) is 0 Å². The number of rotatable bonds is 8. The van der Waals surface area contributed by atoms with Crippen molar-refractivity contribution < 1.29 is 14.7 Å². The normalized spacial score (nSPS) is 12.4. The molecular formula is C10H19NO3. The van der Waals surface area contributed by atoms with E-state index in [2.05, 4.69) is 0 Å². The molecule has 0 aliphatic rings. The van der Waals surface area contributed by atoms with Crippen LogP contribution in [0.5, 0.6) is 0 Å². The van der Waals surface area contributed by atoms with Crippen LogP contribution in [0.15, 0.2) is 0 Å². The van der Waals surface area contributed by atoms with Gasteiger partial charge in [-0.2, -0.15) is 0 Å². The Morgan fingerprint density at radius 2 is 2.00 bits per heavy atom. The molecule has 0 saturated carbocycles. The summed E-state index contributed by atoms with van der Waals surface area (Å²) in [6, 6.07) is 0. The van der Waals surface area contributed by atoms with Crippen molar-refractivity contribution in [1.29, 1.82) is 0 Å². The number of carbonyl (C=O) groups excluding carboxylic acids is 1. The van der Waals surface area contributed by atoms with Crippen molar-refractivity contribution in [2.24, 2.45) is 11.7 Å². The van der Waals surface area contributed by atoms with Crippen LogP contribution in [-0.2, 0) is 9.59 Å². The largest absolute Gasteiger partial charge is 0.481 e. The van der Waals surface area contributed by atoms with Gasteiger partial charge in [0.25, 0.3) is 0 Å². The zero-order valence-corrected chi connectivity index (χ0v) is 8.66. The summed E-state index contributed by atoms with van der Waals surface area (Å²) in [6.45, 7) is 2.42. The third-order valence-corrected chi connectivity index (χ3v) is 2.13. The third-order valence-electron chi connectivity index (χ3n) is 2.13. The Morgan fingerprint density at radius 1 is 1.36 bits per heavy atom. The lowest BCUT2D eigenvalue weighted by Gasteiger charge is -2.09. The molecular weight excluding hydrogens is 182 g/mol. The second kappa shape index (κ2) is 7.50. The standard InChI is InChI=1S/C10H19NO3/c1-2-5-9(12)8(10(13)14)6-3-4-7-11/h8H,2-7,11H2,1H3,(H,13,14). The molecule has 0 aliphatic heterocycles. The van der Waals surface area contributed by atoms with E-state index in [0.717, 1.165) is 6.42 Å². The number of hydrogen-bond acceptors (Lipinski definition) is 3. The molecule has 4 nitrogen and oxygen atoms in total. The number of Topliss-reactive ketones (excluding diaryl/α,β-unsaturated/α-hetero) is 1. The van der Waals surface area contributed by atoms with Gasteiger partial charge in [0, 0.05) is 6.42 Å². The number of aliphatic carboxylic acids is 1. The first-order chi connectivity index (χ1) is 6.63. The first-order valence-corrected chi connectivity index (χ1v) is 5.09. The monoisotopic (exact) mass is 201 g/mol. The maximum atomic E-state index is 11.4. The lowest BCUT2D eigenvalue weighted by molar-refractivity contribution is -0.146. The predicted molar refractivity (Wildman–Crippen MR) is 53.9 cm³/mol. The van der Waals surface area contributed by atoms with Crippen LogP contribution in [-0.4, -0.2) is 23.4 Å². The maximum Gasteiger partial charge on any atom is 0.314 e. The van der Waals surface area contributed by atoms with Crippen LogP contribution < -0.4 is 5.73 Å². The molecule has 0 aromatic rings. The number of nitrogens with two attached hydrogens (primary N) is 1. The number of carbonyl (C=O) groups is 2. The Balaban J connectivity index is 4.01. The van der Waals surface area contributed by atoms with Gasteiger partial charge in [-0.05, 0) is 25.8 Å². The average Bonchev–Trinajstić information content (AvgIpc) is 2.12. The molecule has 1 atom stereocenters. The van der Waals surface area contributed by atoms with E-state index < -0.39 is 11.9 Å². The zero-order valence-electron chi connectivity index (χ0n) is 8.66. The van der Waals surface area contributed by atoms with Crippen molar-refractivity contribution in [3.63, 3.8) is 0 Å². The molecule has 0 bridgehead atoms. The highest BCUT2D eigenvalue weighted by Gasteiger charge is 2.24. The van der Waals surface area contributed by atoms with E-state index in [9.17, 15) is 9.59 Å². The average molecular weight is 201 g/mol. The highest BCUT2D eigenvalue weighted by atomic mass is 16.4. The lowest BCUT2D eigenvalue weighted by Crippen LogP contribution is -2.23. The first-order valence-electron chi connectivity index (χ1n) is 5.09. The van der Waals surface area contributed by atoms with Gasteiger partial charge in [-0.15, -0.1) is 0 Å². The molecule has 0 spiro atoms. The quantitative estimate of drug-likeness (QED) is 0.456. The van der Waals surface area contributed by atoms with E-state index >= 15 is 0 Å². The number of carboxylic acids is 1. The Hall–Kier alpha value is -0.900. The number of carboxylic acid groups (broad SMARTS) is 1. The Kier molecular flexibility index (Phi) is 7.02. The summed E-state index contributed by atoms with van der Waals surface area (Å²) in [4.78, 5) is 22.1. The summed E-state index contributed by atoms with van der Waals surface area (Å²) in [6.07, 6.45) is 2.98. The van der Waals surface area contributed by atoms with Crippen LogP contribution in [0.2, 0.25) is 0 Å². The smallest absolute Gasteiger partial charge is 0.314 e. The molecule has 4 heteroatoms. The molecule has 82 valence electrons. The van der Waals surface area contributed by atoms with Gasteiger partial charge in [-0.3, -0.25) is 9.59 Å². The summed E-state index contributed by atoms with van der Waals surface area (Å²) in [5.41, 5.74) is 5.29. The van der Waals surface area contributed by atoms with Gasteiger partial charge in [-0.1, -0.05) is 13.3 Å². The van der Waals surface area contributed by atoms with Crippen molar-refractivity contribution in [1.82, 2.24) is 0 Å². The molecule has 0 fully saturated rings. The molecule has 0 heterocycles. The molecule has 0 radical (unpaired) electrons. The van der Waals surface area contributed by atoms with Crippen LogP contribution in [0.1, 0.15) is 39.0 Å². The van der Waals surface area contributed by atoms with E-state index in [0.29, 0.717) is 32.2 Å². The molecule has 0 aromatic heterocycles. The summed E-state index contributed by atoms with van der Waals surface area (Å²) < 4.78 is 0. The van der Waals surface area contributed by atoms with Gasteiger partial charge in [-0.25, -0.2) is 0 Å². The minimum atomic E-state index is -1.000. The summed E-state index contributed by atoms with van der Waals surface area (Å²) in [5.74, 6) is -1.97. The third kappa shape index (κ3) is 4.97. The second-order valence-electron chi connectivity index (χ2n) is 3.39. The minimum Gasteiger partial charge on any atom is -0.481 e. The van der Waals surface area contributed by atoms with E-state index in [-0.39, 0.29) is 5.78 Å². The summed E-state index contributed by atoms with van der Waals surface area (Å²) >= 11 is 0. The molecule has 3 N–H and O–H groups in total. The van der Waals surface area contributed by atoms with Crippen LogP contribution in [0.4, 0.5) is 0 Å². The van der Waals surface area contributed by atoms with Crippen molar-refractivity contribution >= 4 is 11.8 Å². The summed E-state index contributed by atoms with van der Waals surface area (Å²) in [5, 5.41) is 8.82. The van der Waals surface area contributed by atoms with Crippen LogP contribution >= 0.6 is 0 Å². The Morgan fingerprint density at radius 3 is 2.43 bits per heavy atom. The number of ketones is 1.